The number of rotatable bonds is 37. The van der Waals surface area contributed by atoms with Crippen LogP contribution in [-0.2, 0) is 47.4 Å². The summed E-state index contributed by atoms with van der Waals surface area (Å²) in [6.07, 6.45) is 9.56. The second-order valence-corrected chi connectivity index (χ2v) is 12.1. The van der Waals surface area contributed by atoms with E-state index >= 15 is 0 Å². The van der Waals surface area contributed by atoms with E-state index in [1.54, 1.807) is 0 Å². The van der Waals surface area contributed by atoms with Crippen molar-refractivity contribution in [3.63, 3.8) is 0 Å². The van der Waals surface area contributed by atoms with E-state index in [4.69, 9.17) is 47.4 Å². The number of aliphatic hydroxyl groups is 2. The molecule has 2 N–H and O–H groups in total. The molecule has 0 radical (unpaired) electrons. The van der Waals surface area contributed by atoms with Crippen molar-refractivity contribution in [3.8, 4) is 0 Å². The van der Waals surface area contributed by atoms with E-state index in [-0.39, 0.29) is 19.8 Å². The molecule has 5 atom stereocenters. The van der Waals surface area contributed by atoms with Crippen molar-refractivity contribution in [2.45, 2.75) is 129 Å². The average Bonchev–Trinajstić information content (AvgIpc) is 3.09. The molecule has 1 unspecified atom stereocenters. The minimum Gasteiger partial charge on any atom is -0.394 e. The molecule has 0 aliphatic carbocycles. The predicted molar refractivity (Wildman–Crippen MR) is 185 cm³/mol. The standard InChI is InChI=1S/C36H72O12/c1-4-7-10-13-16-39-19-22-42-25-28-45-34-33(38)32(31-37)48-36(47-30-27-44-24-21-41-18-15-12-9-6-3)35(34)46-29-26-43-23-20-40-17-14-11-8-5-2/h32-38H,4-31H2,1-3H3/t32-,33-,34+,35-,36?/m1/s1. The van der Waals surface area contributed by atoms with Crippen LogP contribution in [0.1, 0.15) is 97.8 Å². The van der Waals surface area contributed by atoms with Gasteiger partial charge in [-0.05, 0) is 19.3 Å². The van der Waals surface area contributed by atoms with Gasteiger partial charge in [-0.2, -0.15) is 0 Å². The van der Waals surface area contributed by atoms with Crippen molar-refractivity contribution >= 4 is 0 Å². The van der Waals surface area contributed by atoms with E-state index in [9.17, 15) is 10.2 Å². The van der Waals surface area contributed by atoms with Crippen molar-refractivity contribution in [3.05, 3.63) is 0 Å². The summed E-state index contributed by atoms with van der Waals surface area (Å²) in [7, 11) is 0. The Morgan fingerprint density at radius 1 is 0.417 bits per heavy atom. The molecule has 1 heterocycles. The zero-order valence-electron chi connectivity index (χ0n) is 30.7. The van der Waals surface area contributed by atoms with Gasteiger partial charge in [0.2, 0.25) is 0 Å². The number of ether oxygens (including phenoxy) is 10. The number of hydrogen-bond donors (Lipinski definition) is 2. The molecule has 0 amide bonds. The summed E-state index contributed by atoms with van der Waals surface area (Å²) in [6.45, 7) is 13.1. The molecule has 1 aliphatic rings. The van der Waals surface area contributed by atoms with E-state index in [1.165, 1.54) is 57.8 Å². The lowest BCUT2D eigenvalue weighted by Crippen LogP contribution is -2.61. The summed E-state index contributed by atoms with van der Waals surface area (Å²) in [5.41, 5.74) is 0. The lowest BCUT2D eigenvalue weighted by molar-refractivity contribution is -0.319. The summed E-state index contributed by atoms with van der Waals surface area (Å²) in [5, 5.41) is 21.0. The first-order valence-electron chi connectivity index (χ1n) is 18.9. The van der Waals surface area contributed by atoms with Crippen molar-refractivity contribution < 1.29 is 57.6 Å². The molecule has 0 spiro atoms. The maximum absolute atomic E-state index is 11.0. The zero-order chi connectivity index (χ0) is 34.8. The summed E-state index contributed by atoms with van der Waals surface area (Å²) >= 11 is 0. The number of hydrogen-bond acceptors (Lipinski definition) is 12. The highest BCUT2D eigenvalue weighted by Crippen LogP contribution is 2.27. The third-order valence-electron chi connectivity index (χ3n) is 7.93. The summed E-state index contributed by atoms with van der Waals surface area (Å²) in [4.78, 5) is 0. The van der Waals surface area contributed by atoms with Gasteiger partial charge in [0, 0.05) is 19.8 Å². The molecule has 0 aromatic heterocycles. The van der Waals surface area contributed by atoms with Crippen LogP contribution in [0.25, 0.3) is 0 Å². The topological polar surface area (TPSA) is 133 Å². The van der Waals surface area contributed by atoms with Gasteiger partial charge in [-0.25, -0.2) is 0 Å². The van der Waals surface area contributed by atoms with Crippen molar-refractivity contribution in [2.24, 2.45) is 0 Å². The second kappa shape index (κ2) is 34.9. The molecule has 1 fully saturated rings. The van der Waals surface area contributed by atoms with E-state index in [0.29, 0.717) is 59.5 Å². The Balaban J connectivity index is 2.50. The highest BCUT2D eigenvalue weighted by molar-refractivity contribution is 4.91. The first kappa shape index (κ1) is 45.5. The van der Waals surface area contributed by atoms with Crippen molar-refractivity contribution in [1.29, 1.82) is 0 Å². The SMILES string of the molecule is CCCCCCOCCOCCOC1O[C@H](CO)[C@@H](O)[C@H](OCCOCCOCCCCCC)[C@H]1OCCOCCOCCCCCC. The van der Waals surface area contributed by atoms with Crippen LogP contribution in [0.4, 0.5) is 0 Å². The Hall–Kier alpha value is -0.480. The minimum absolute atomic E-state index is 0.219. The normalized spacial score (nSPS) is 21.3. The maximum Gasteiger partial charge on any atom is 0.187 e. The van der Waals surface area contributed by atoms with Crippen LogP contribution < -0.4 is 0 Å². The molecule has 0 aromatic carbocycles. The summed E-state index contributed by atoms with van der Waals surface area (Å²) in [6, 6.07) is 0. The van der Waals surface area contributed by atoms with E-state index in [0.717, 1.165) is 39.1 Å². The lowest BCUT2D eigenvalue weighted by atomic mass is 9.98. The monoisotopic (exact) mass is 697 g/mol. The Labute approximate surface area is 291 Å². The fourth-order valence-corrected chi connectivity index (χ4v) is 5.11. The molecule has 48 heavy (non-hydrogen) atoms. The molecule has 1 saturated heterocycles. The highest BCUT2D eigenvalue weighted by atomic mass is 16.7. The van der Waals surface area contributed by atoms with Gasteiger partial charge in [0.15, 0.2) is 6.29 Å². The predicted octanol–water partition coefficient (Wildman–Crippen LogP) is 4.69. The van der Waals surface area contributed by atoms with Gasteiger partial charge in [0.05, 0.1) is 85.9 Å². The largest absolute Gasteiger partial charge is 0.394 e. The average molecular weight is 697 g/mol. The Bertz CT molecular complexity index is 646. The fourth-order valence-electron chi connectivity index (χ4n) is 5.11. The van der Waals surface area contributed by atoms with Gasteiger partial charge in [0.1, 0.15) is 24.4 Å². The van der Waals surface area contributed by atoms with Crippen LogP contribution in [0.15, 0.2) is 0 Å². The smallest absolute Gasteiger partial charge is 0.187 e. The van der Waals surface area contributed by atoms with Crippen molar-refractivity contribution in [2.75, 3.05) is 106 Å². The summed E-state index contributed by atoms with van der Waals surface area (Å²) < 4.78 is 58.1. The van der Waals surface area contributed by atoms with Crippen LogP contribution in [0.3, 0.4) is 0 Å². The molecule has 1 aliphatic heterocycles. The molecule has 0 aromatic rings. The van der Waals surface area contributed by atoms with Crippen LogP contribution in [0.5, 0.6) is 0 Å². The zero-order valence-corrected chi connectivity index (χ0v) is 30.7. The van der Waals surface area contributed by atoms with Gasteiger partial charge >= 0.3 is 0 Å². The third-order valence-corrected chi connectivity index (χ3v) is 7.93. The molecule has 12 nitrogen and oxygen atoms in total. The van der Waals surface area contributed by atoms with Gasteiger partial charge < -0.3 is 57.6 Å². The summed E-state index contributed by atoms with van der Waals surface area (Å²) in [5.74, 6) is 0. The van der Waals surface area contributed by atoms with E-state index < -0.39 is 37.3 Å². The Morgan fingerprint density at radius 2 is 0.771 bits per heavy atom. The minimum atomic E-state index is -1.13. The molecular formula is C36H72O12. The van der Waals surface area contributed by atoms with Gasteiger partial charge in [-0.3, -0.25) is 0 Å². The first-order valence-corrected chi connectivity index (χ1v) is 18.9. The van der Waals surface area contributed by atoms with Crippen LogP contribution in [-0.4, -0.2) is 147 Å². The molecule has 288 valence electrons. The van der Waals surface area contributed by atoms with E-state index in [2.05, 4.69) is 20.8 Å². The molecular weight excluding hydrogens is 624 g/mol. The Kier molecular flexibility index (Phi) is 33.2. The van der Waals surface area contributed by atoms with Gasteiger partial charge in [-0.15, -0.1) is 0 Å². The third kappa shape index (κ3) is 24.6. The van der Waals surface area contributed by atoms with Crippen LogP contribution in [0, 0.1) is 0 Å². The maximum atomic E-state index is 11.0. The highest BCUT2D eigenvalue weighted by Gasteiger charge is 2.47. The molecule has 0 bridgehead atoms. The van der Waals surface area contributed by atoms with E-state index in [1.807, 2.05) is 0 Å². The second-order valence-electron chi connectivity index (χ2n) is 12.1. The first-order chi connectivity index (χ1) is 23.7. The molecule has 12 heteroatoms. The lowest BCUT2D eigenvalue weighted by Gasteiger charge is -2.43. The fraction of sp³-hybridized carbons (Fsp3) is 1.00. The number of unbranched alkanes of at least 4 members (excludes halogenated alkanes) is 9. The van der Waals surface area contributed by atoms with Crippen molar-refractivity contribution in [1.82, 2.24) is 0 Å². The van der Waals surface area contributed by atoms with Crippen LogP contribution >= 0.6 is 0 Å². The quantitative estimate of drug-likeness (QED) is 0.0874. The van der Waals surface area contributed by atoms with Gasteiger partial charge in [-0.1, -0.05) is 78.6 Å². The van der Waals surface area contributed by atoms with Crippen LogP contribution in [0.2, 0.25) is 0 Å². The van der Waals surface area contributed by atoms with Gasteiger partial charge in [0.25, 0.3) is 0 Å². The Morgan fingerprint density at radius 3 is 1.17 bits per heavy atom. The molecule has 1 rings (SSSR count). The molecule has 0 saturated carbocycles. The number of aliphatic hydroxyl groups excluding tert-OH is 2.